The number of amides is 2. The smallest absolute Gasteiger partial charge is 0.393 e. The lowest BCUT2D eigenvalue weighted by Crippen LogP contribution is -2.26. The fraction of sp³-hybridized carbons (Fsp3) is 0.111. The van der Waals surface area contributed by atoms with Gasteiger partial charge in [-0.2, -0.15) is 13.2 Å². The van der Waals surface area contributed by atoms with E-state index >= 15 is 0 Å². The predicted octanol–water partition coefficient (Wildman–Crippen LogP) is 6.91. The van der Waals surface area contributed by atoms with Crippen molar-refractivity contribution < 1.29 is 27.5 Å². The van der Waals surface area contributed by atoms with Crippen molar-refractivity contribution in [2.45, 2.75) is 12.7 Å². The van der Waals surface area contributed by atoms with Gasteiger partial charge in [-0.25, -0.2) is 4.79 Å². The maximum Gasteiger partial charge on any atom is 0.416 e. The van der Waals surface area contributed by atoms with Crippen molar-refractivity contribution in [2.24, 2.45) is 7.05 Å². The highest BCUT2D eigenvalue weighted by molar-refractivity contribution is 6.30. The molecule has 0 radical (unpaired) electrons. The van der Waals surface area contributed by atoms with Crippen molar-refractivity contribution in [3.63, 3.8) is 0 Å². The van der Waals surface area contributed by atoms with E-state index in [9.17, 15) is 22.8 Å². The number of hydrogen-bond donors (Lipinski definition) is 2. The molecule has 2 amide bonds. The van der Waals surface area contributed by atoms with E-state index in [1.807, 2.05) is 0 Å². The summed E-state index contributed by atoms with van der Waals surface area (Å²) in [5.74, 6) is -0.278. The van der Waals surface area contributed by atoms with Crippen LogP contribution < -0.4 is 15.4 Å². The lowest BCUT2D eigenvalue weighted by molar-refractivity contribution is -0.137. The summed E-state index contributed by atoms with van der Waals surface area (Å²) in [7, 11) is 1.65. The molecule has 0 aliphatic heterocycles. The molecule has 0 saturated heterocycles. The van der Waals surface area contributed by atoms with E-state index in [-0.39, 0.29) is 18.0 Å². The molecule has 10 heteroatoms. The molecule has 0 aliphatic rings. The molecule has 4 rings (SSSR count). The standard InChI is InChI=1S/C27H21ClF3N3O3/c1-34-16-21(14-24(34)37-26(36)32-15-17-6-12-20(28)13-7-17)33-25(35)23-5-3-2-4-22(23)18-8-10-19(11-9-18)27(29,30)31/h2-14,16H,15H2,1H3,(H,32,36)(H,33,35). The number of halogens is 4. The van der Waals surface area contributed by atoms with E-state index in [4.69, 9.17) is 16.3 Å². The zero-order valence-electron chi connectivity index (χ0n) is 19.5. The van der Waals surface area contributed by atoms with Gasteiger partial charge in [0.1, 0.15) is 0 Å². The number of hydrogen-bond acceptors (Lipinski definition) is 3. The van der Waals surface area contributed by atoms with E-state index < -0.39 is 23.7 Å². The molecule has 0 aliphatic carbocycles. The van der Waals surface area contributed by atoms with E-state index in [1.54, 1.807) is 61.8 Å². The van der Waals surface area contributed by atoms with E-state index in [0.29, 0.717) is 21.8 Å². The largest absolute Gasteiger partial charge is 0.416 e. The molecule has 0 saturated carbocycles. The highest BCUT2D eigenvalue weighted by Crippen LogP contribution is 2.32. The molecule has 6 nitrogen and oxygen atoms in total. The Morgan fingerprint density at radius 2 is 1.65 bits per heavy atom. The number of aryl methyl sites for hydroxylation is 1. The number of carbonyl (C=O) groups excluding carboxylic acids is 2. The Labute approximate surface area is 215 Å². The maximum absolute atomic E-state index is 13.0. The molecule has 1 heterocycles. The molecule has 0 unspecified atom stereocenters. The van der Waals surface area contributed by atoms with Crippen molar-refractivity contribution in [2.75, 3.05) is 5.32 Å². The third kappa shape index (κ3) is 6.50. The maximum atomic E-state index is 13.0. The average Bonchev–Trinajstić information content (AvgIpc) is 3.21. The van der Waals surface area contributed by atoms with Gasteiger partial charge in [-0.05, 0) is 47.0 Å². The third-order valence-electron chi connectivity index (χ3n) is 5.46. The first-order valence-electron chi connectivity index (χ1n) is 11.0. The van der Waals surface area contributed by atoms with Crippen molar-refractivity contribution >= 4 is 29.3 Å². The SMILES string of the molecule is Cn1cc(NC(=O)c2ccccc2-c2ccc(C(F)(F)F)cc2)cc1OC(=O)NCc1ccc(Cl)cc1. The van der Waals surface area contributed by atoms with Gasteiger partial charge in [0.2, 0.25) is 5.88 Å². The van der Waals surface area contributed by atoms with Gasteiger partial charge in [0, 0.05) is 36.4 Å². The number of aromatic nitrogens is 1. The number of ether oxygens (including phenoxy) is 1. The number of rotatable bonds is 6. The van der Waals surface area contributed by atoms with Gasteiger partial charge in [0.05, 0.1) is 11.3 Å². The minimum absolute atomic E-state index is 0.194. The summed E-state index contributed by atoms with van der Waals surface area (Å²) >= 11 is 5.85. The summed E-state index contributed by atoms with van der Waals surface area (Å²) in [5.41, 5.74) is 1.65. The molecular weight excluding hydrogens is 507 g/mol. The molecule has 0 atom stereocenters. The molecule has 37 heavy (non-hydrogen) atoms. The topological polar surface area (TPSA) is 72.4 Å². The zero-order valence-corrected chi connectivity index (χ0v) is 20.2. The summed E-state index contributed by atoms with van der Waals surface area (Å²) in [4.78, 5) is 25.2. The van der Waals surface area contributed by atoms with Crippen LogP contribution in [0.4, 0.5) is 23.7 Å². The van der Waals surface area contributed by atoms with Crippen LogP contribution in [-0.2, 0) is 19.8 Å². The van der Waals surface area contributed by atoms with Crippen LogP contribution in [0.3, 0.4) is 0 Å². The Morgan fingerprint density at radius 1 is 0.973 bits per heavy atom. The van der Waals surface area contributed by atoms with E-state index in [1.165, 1.54) is 22.8 Å². The summed E-state index contributed by atoms with van der Waals surface area (Å²) in [6, 6.07) is 19.7. The van der Waals surface area contributed by atoms with Crippen LogP contribution in [0.2, 0.25) is 5.02 Å². The first kappa shape index (κ1) is 25.8. The van der Waals surface area contributed by atoms with E-state index in [0.717, 1.165) is 17.7 Å². The lowest BCUT2D eigenvalue weighted by Gasteiger charge is -2.11. The molecule has 3 aromatic carbocycles. The summed E-state index contributed by atoms with van der Waals surface area (Å²) < 4.78 is 45.6. The van der Waals surface area contributed by atoms with Crippen LogP contribution in [0.25, 0.3) is 11.1 Å². The van der Waals surface area contributed by atoms with Crippen molar-refractivity contribution in [3.8, 4) is 17.0 Å². The minimum atomic E-state index is -4.45. The van der Waals surface area contributed by atoms with Crippen LogP contribution >= 0.6 is 11.6 Å². The first-order chi connectivity index (χ1) is 17.6. The van der Waals surface area contributed by atoms with Gasteiger partial charge in [-0.3, -0.25) is 4.79 Å². The van der Waals surface area contributed by atoms with E-state index in [2.05, 4.69) is 10.6 Å². The second kappa shape index (κ2) is 10.8. The summed E-state index contributed by atoms with van der Waals surface area (Å²) in [5, 5.41) is 5.96. The van der Waals surface area contributed by atoms with Gasteiger partial charge in [-0.15, -0.1) is 0 Å². The highest BCUT2D eigenvalue weighted by atomic mass is 35.5. The molecule has 2 N–H and O–H groups in total. The van der Waals surface area contributed by atoms with Crippen LogP contribution in [-0.4, -0.2) is 16.6 Å². The van der Waals surface area contributed by atoms with Crippen molar-refractivity contribution in [3.05, 3.63) is 107 Å². The fourth-order valence-corrected chi connectivity index (χ4v) is 3.72. The molecule has 0 fully saturated rings. The number of nitrogens with one attached hydrogen (secondary N) is 2. The normalized spacial score (nSPS) is 11.2. The Hall–Kier alpha value is -4.24. The van der Waals surface area contributed by atoms with Gasteiger partial charge in [0.15, 0.2) is 0 Å². The number of anilines is 1. The van der Waals surface area contributed by atoms with Crippen molar-refractivity contribution in [1.82, 2.24) is 9.88 Å². The van der Waals surface area contributed by atoms with Crippen LogP contribution in [0.15, 0.2) is 85.1 Å². The Kier molecular flexibility index (Phi) is 7.54. The summed E-state index contributed by atoms with van der Waals surface area (Å²) in [6.07, 6.45) is -3.56. The zero-order chi connectivity index (χ0) is 26.6. The van der Waals surface area contributed by atoms with Crippen LogP contribution in [0.5, 0.6) is 5.88 Å². The first-order valence-corrected chi connectivity index (χ1v) is 11.4. The van der Waals surface area contributed by atoms with Crippen LogP contribution in [0.1, 0.15) is 21.5 Å². The van der Waals surface area contributed by atoms with Gasteiger partial charge in [0.25, 0.3) is 5.91 Å². The van der Waals surface area contributed by atoms with Gasteiger partial charge < -0.3 is 19.9 Å². The Balaban J connectivity index is 1.43. The minimum Gasteiger partial charge on any atom is -0.393 e. The average molecular weight is 528 g/mol. The second-order valence-electron chi connectivity index (χ2n) is 8.12. The summed E-state index contributed by atoms with van der Waals surface area (Å²) in [6.45, 7) is 0.241. The predicted molar refractivity (Wildman–Crippen MR) is 135 cm³/mol. The van der Waals surface area contributed by atoms with Gasteiger partial charge in [-0.1, -0.05) is 54.1 Å². The monoisotopic (exact) mass is 527 g/mol. The second-order valence-corrected chi connectivity index (χ2v) is 8.56. The molecule has 0 bridgehead atoms. The Bertz CT molecular complexity index is 1420. The number of alkyl halides is 3. The molecule has 4 aromatic rings. The van der Waals surface area contributed by atoms with Crippen LogP contribution in [0, 0.1) is 0 Å². The molecule has 190 valence electrons. The van der Waals surface area contributed by atoms with Crippen molar-refractivity contribution in [1.29, 1.82) is 0 Å². The number of benzene rings is 3. The molecular formula is C27H21ClF3N3O3. The molecule has 1 aromatic heterocycles. The quantitative estimate of drug-likeness (QED) is 0.286. The number of nitrogens with zero attached hydrogens (tertiary/aromatic N) is 1. The highest BCUT2D eigenvalue weighted by Gasteiger charge is 2.30. The molecule has 0 spiro atoms. The Morgan fingerprint density at radius 3 is 2.32 bits per heavy atom. The van der Waals surface area contributed by atoms with Gasteiger partial charge >= 0.3 is 12.3 Å². The fourth-order valence-electron chi connectivity index (χ4n) is 3.59. The third-order valence-corrected chi connectivity index (χ3v) is 5.71. The number of carbonyl (C=O) groups is 2. The lowest BCUT2D eigenvalue weighted by atomic mass is 9.98.